The van der Waals surface area contributed by atoms with E-state index in [-0.39, 0.29) is 0 Å². The Morgan fingerprint density at radius 3 is 2.18 bits per heavy atom. The maximum absolute atomic E-state index is 6.05. The van der Waals surface area contributed by atoms with Crippen LogP contribution in [0.3, 0.4) is 0 Å². The molecular formula is C12H20Cl2N2S. The van der Waals surface area contributed by atoms with Gasteiger partial charge in [-0.2, -0.15) is 0 Å². The third kappa shape index (κ3) is 4.65. The standard InChI is InChI=1S/C12H20Cl2N2S/c1-3-5-7-16(8-6-4-2)12-15-11(14)10(9-13)17-12/h3-9H2,1-2H3. The second-order valence-electron chi connectivity index (χ2n) is 4.04. The molecule has 5 heteroatoms. The Morgan fingerprint density at radius 1 is 1.18 bits per heavy atom. The largest absolute Gasteiger partial charge is 0.348 e. The first-order valence-electron chi connectivity index (χ1n) is 6.19. The lowest BCUT2D eigenvalue weighted by atomic mass is 10.3. The molecule has 0 unspecified atom stereocenters. The molecule has 0 fully saturated rings. The molecule has 1 rings (SSSR count). The number of hydrogen-bond donors (Lipinski definition) is 0. The quantitative estimate of drug-likeness (QED) is 0.631. The van der Waals surface area contributed by atoms with E-state index in [1.165, 1.54) is 25.7 Å². The van der Waals surface area contributed by atoms with Gasteiger partial charge >= 0.3 is 0 Å². The lowest BCUT2D eigenvalue weighted by molar-refractivity contribution is 0.676. The van der Waals surface area contributed by atoms with Gasteiger partial charge in [-0.15, -0.1) is 11.6 Å². The van der Waals surface area contributed by atoms with Crippen molar-refractivity contribution in [1.29, 1.82) is 0 Å². The van der Waals surface area contributed by atoms with Crippen LogP contribution in [-0.4, -0.2) is 18.1 Å². The van der Waals surface area contributed by atoms with Crippen molar-refractivity contribution in [1.82, 2.24) is 4.98 Å². The number of aromatic nitrogens is 1. The normalized spacial score (nSPS) is 10.8. The van der Waals surface area contributed by atoms with Crippen LogP contribution in [0, 0.1) is 0 Å². The van der Waals surface area contributed by atoms with E-state index in [1.807, 2.05) is 0 Å². The van der Waals surface area contributed by atoms with Gasteiger partial charge in [0.05, 0.1) is 10.8 Å². The van der Waals surface area contributed by atoms with E-state index in [9.17, 15) is 0 Å². The molecule has 0 saturated heterocycles. The molecule has 17 heavy (non-hydrogen) atoms. The third-order valence-electron chi connectivity index (χ3n) is 2.59. The van der Waals surface area contributed by atoms with Gasteiger partial charge in [0.25, 0.3) is 0 Å². The van der Waals surface area contributed by atoms with Gasteiger partial charge in [-0.25, -0.2) is 4.98 Å². The molecule has 2 nitrogen and oxygen atoms in total. The Morgan fingerprint density at radius 2 is 1.76 bits per heavy atom. The highest BCUT2D eigenvalue weighted by atomic mass is 35.5. The molecular weight excluding hydrogens is 275 g/mol. The van der Waals surface area contributed by atoms with E-state index in [1.54, 1.807) is 11.3 Å². The van der Waals surface area contributed by atoms with Crippen LogP contribution in [0.5, 0.6) is 0 Å². The summed E-state index contributed by atoms with van der Waals surface area (Å²) >= 11 is 13.5. The van der Waals surface area contributed by atoms with Crippen molar-refractivity contribution in [2.45, 2.75) is 45.4 Å². The zero-order chi connectivity index (χ0) is 12.7. The molecule has 0 aromatic carbocycles. The summed E-state index contributed by atoms with van der Waals surface area (Å²) in [4.78, 5) is 7.72. The molecule has 0 amide bonds. The van der Waals surface area contributed by atoms with Gasteiger partial charge in [-0.05, 0) is 12.8 Å². The van der Waals surface area contributed by atoms with E-state index in [2.05, 4.69) is 23.7 Å². The molecule has 1 heterocycles. The fraction of sp³-hybridized carbons (Fsp3) is 0.750. The summed E-state index contributed by atoms with van der Waals surface area (Å²) in [6.45, 7) is 6.53. The van der Waals surface area contributed by atoms with Crippen LogP contribution in [0.1, 0.15) is 44.4 Å². The van der Waals surface area contributed by atoms with Crippen molar-refractivity contribution in [2.75, 3.05) is 18.0 Å². The van der Waals surface area contributed by atoms with E-state index in [0.29, 0.717) is 11.0 Å². The van der Waals surface area contributed by atoms with Gasteiger partial charge in [-0.3, -0.25) is 0 Å². The van der Waals surface area contributed by atoms with E-state index < -0.39 is 0 Å². The first-order chi connectivity index (χ1) is 8.22. The molecule has 0 aliphatic heterocycles. The highest BCUT2D eigenvalue weighted by Crippen LogP contribution is 2.31. The molecule has 0 bridgehead atoms. The van der Waals surface area contributed by atoms with Crippen LogP contribution in [0.15, 0.2) is 0 Å². The summed E-state index contributed by atoms with van der Waals surface area (Å²) in [6.07, 6.45) is 4.78. The van der Waals surface area contributed by atoms with Crippen molar-refractivity contribution in [3.05, 3.63) is 10.0 Å². The van der Waals surface area contributed by atoms with Gasteiger partial charge in [0.2, 0.25) is 0 Å². The fourth-order valence-electron chi connectivity index (χ4n) is 1.54. The second kappa shape index (κ2) is 8.17. The molecule has 0 spiro atoms. The van der Waals surface area contributed by atoms with Crippen molar-refractivity contribution < 1.29 is 0 Å². The SMILES string of the molecule is CCCCN(CCCC)c1nc(Cl)c(CCl)s1. The minimum absolute atomic E-state index is 0.450. The Kier molecular flexibility index (Phi) is 7.24. The minimum Gasteiger partial charge on any atom is -0.348 e. The van der Waals surface area contributed by atoms with Crippen LogP contribution in [0.4, 0.5) is 5.13 Å². The highest BCUT2D eigenvalue weighted by molar-refractivity contribution is 7.16. The van der Waals surface area contributed by atoms with Crippen LogP contribution in [-0.2, 0) is 5.88 Å². The Balaban J connectivity index is 2.71. The Hall–Kier alpha value is 0.01000. The summed E-state index contributed by atoms with van der Waals surface area (Å²) in [5.74, 6) is 0.450. The fourth-order valence-corrected chi connectivity index (χ4v) is 3.06. The van der Waals surface area contributed by atoms with Crippen molar-refractivity contribution >= 4 is 39.7 Å². The smallest absolute Gasteiger partial charge is 0.187 e. The molecule has 0 aliphatic rings. The van der Waals surface area contributed by atoms with Gasteiger partial charge in [0.15, 0.2) is 5.13 Å². The molecule has 0 aliphatic carbocycles. The molecule has 1 aromatic rings. The number of unbranched alkanes of at least 4 members (excludes halogenated alkanes) is 2. The average molecular weight is 295 g/mol. The van der Waals surface area contributed by atoms with Gasteiger partial charge in [0, 0.05) is 13.1 Å². The number of thiazole rings is 1. The maximum Gasteiger partial charge on any atom is 0.187 e. The van der Waals surface area contributed by atoms with E-state index >= 15 is 0 Å². The number of nitrogens with zero attached hydrogens (tertiary/aromatic N) is 2. The maximum atomic E-state index is 6.05. The van der Waals surface area contributed by atoms with Crippen molar-refractivity contribution in [3.8, 4) is 0 Å². The highest BCUT2D eigenvalue weighted by Gasteiger charge is 2.14. The van der Waals surface area contributed by atoms with Gasteiger partial charge < -0.3 is 4.90 Å². The first kappa shape index (κ1) is 15.1. The molecule has 1 aromatic heterocycles. The van der Waals surface area contributed by atoms with Crippen LogP contribution < -0.4 is 4.90 Å². The Labute approximate surface area is 118 Å². The molecule has 0 radical (unpaired) electrons. The summed E-state index contributed by atoms with van der Waals surface area (Å²) in [6, 6.07) is 0. The molecule has 0 N–H and O–H groups in total. The van der Waals surface area contributed by atoms with Crippen molar-refractivity contribution in [3.63, 3.8) is 0 Å². The molecule has 98 valence electrons. The lowest BCUT2D eigenvalue weighted by Crippen LogP contribution is -2.25. The van der Waals surface area contributed by atoms with Gasteiger partial charge in [-0.1, -0.05) is 49.6 Å². The van der Waals surface area contributed by atoms with E-state index in [0.717, 1.165) is 23.1 Å². The number of hydrogen-bond acceptors (Lipinski definition) is 3. The third-order valence-corrected chi connectivity index (χ3v) is 4.56. The van der Waals surface area contributed by atoms with Gasteiger partial charge in [0.1, 0.15) is 5.15 Å². The molecule has 0 atom stereocenters. The average Bonchev–Trinajstić information content (AvgIpc) is 2.70. The number of anilines is 1. The minimum atomic E-state index is 0.450. The second-order valence-corrected chi connectivity index (χ2v) is 5.73. The summed E-state index contributed by atoms with van der Waals surface area (Å²) in [7, 11) is 0. The number of alkyl halides is 1. The summed E-state index contributed by atoms with van der Waals surface area (Å²) in [5, 5.41) is 1.59. The van der Waals surface area contributed by atoms with Crippen LogP contribution in [0.2, 0.25) is 5.15 Å². The number of halogens is 2. The first-order valence-corrected chi connectivity index (χ1v) is 7.91. The monoisotopic (exact) mass is 294 g/mol. The van der Waals surface area contributed by atoms with Crippen molar-refractivity contribution in [2.24, 2.45) is 0 Å². The summed E-state index contributed by atoms with van der Waals surface area (Å²) < 4.78 is 0. The molecule has 0 saturated carbocycles. The lowest BCUT2D eigenvalue weighted by Gasteiger charge is -2.21. The zero-order valence-corrected chi connectivity index (χ0v) is 12.8. The zero-order valence-electron chi connectivity index (χ0n) is 10.5. The predicted molar refractivity (Wildman–Crippen MR) is 78.7 cm³/mol. The number of rotatable bonds is 8. The van der Waals surface area contributed by atoms with E-state index in [4.69, 9.17) is 23.2 Å². The van der Waals surface area contributed by atoms with Crippen LogP contribution in [0.25, 0.3) is 0 Å². The topological polar surface area (TPSA) is 16.1 Å². The predicted octanol–water partition coefficient (Wildman–Crippen LogP) is 4.94. The van der Waals surface area contributed by atoms with Crippen LogP contribution >= 0.6 is 34.5 Å². The summed E-state index contributed by atoms with van der Waals surface area (Å²) in [5.41, 5.74) is 0. The Bertz CT molecular complexity index is 320.